The number of anilines is 4. The highest BCUT2D eigenvalue weighted by Crippen LogP contribution is 2.21. The summed E-state index contributed by atoms with van der Waals surface area (Å²) in [5.74, 6) is 1.25. The van der Waals surface area contributed by atoms with Crippen molar-refractivity contribution in [3.8, 4) is 5.75 Å². The molecule has 1 aliphatic heterocycles. The lowest BCUT2D eigenvalue weighted by Gasteiger charge is -2.27. The van der Waals surface area contributed by atoms with E-state index < -0.39 is 0 Å². The fourth-order valence-electron chi connectivity index (χ4n) is 2.93. The van der Waals surface area contributed by atoms with E-state index >= 15 is 0 Å². The van der Waals surface area contributed by atoms with Crippen LogP contribution in [-0.2, 0) is 4.74 Å². The van der Waals surface area contributed by atoms with Crippen LogP contribution in [0.3, 0.4) is 0 Å². The molecule has 3 aromatic rings. The number of rotatable bonds is 6. The summed E-state index contributed by atoms with van der Waals surface area (Å²) in [6.07, 6.45) is 1.45. The molecule has 0 amide bonds. The third-order valence-electron chi connectivity index (χ3n) is 4.58. The second kappa shape index (κ2) is 9.59. The van der Waals surface area contributed by atoms with E-state index in [0.29, 0.717) is 48.8 Å². The van der Waals surface area contributed by atoms with E-state index in [1.165, 1.54) is 12.3 Å². The van der Waals surface area contributed by atoms with Crippen molar-refractivity contribution >= 4 is 41.3 Å². The fraction of sp³-hybridized carbons (Fsp3) is 0.238. The van der Waals surface area contributed by atoms with E-state index in [1.807, 2.05) is 36.1 Å². The lowest BCUT2D eigenvalue weighted by Crippen LogP contribution is -2.37. The first-order valence-corrected chi connectivity index (χ1v) is 10.1. The number of hydrogen-bond acceptors (Lipinski definition) is 9. The molecule has 0 saturated carbocycles. The van der Waals surface area contributed by atoms with Gasteiger partial charge in [-0.25, -0.2) is 5.43 Å². The van der Waals surface area contributed by atoms with Crippen LogP contribution >= 0.6 is 11.6 Å². The summed E-state index contributed by atoms with van der Waals surface area (Å²) in [6, 6.07) is 12.7. The summed E-state index contributed by atoms with van der Waals surface area (Å²) >= 11 is 5.98. The number of aryl methyl sites for hydroxylation is 1. The molecule has 0 atom stereocenters. The average Bonchev–Trinajstić information content (AvgIpc) is 2.78. The molecule has 10 heteroatoms. The van der Waals surface area contributed by atoms with Gasteiger partial charge in [-0.05, 0) is 37.3 Å². The van der Waals surface area contributed by atoms with Crippen molar-refractivity contribution < 1.29 is 9.84 Å². The number of hydrazone groups is 1. The number of hydrogen-bond donors (Lipinski definition) is 3. The molecule has 0 aliphatic carbocycles. The number of halogens is 1. The molecule has 160 valence electrons. The Morgan fingerprint density at radius 1 is 1.06 bits per heavy atom. The van der Waals surface area contributed by atoms with Gasteiger partial charge in [-0.1, -0.05) is 29.3 Å². The summed E-state index contributed by atoms with van der Waals surface area (Å²) in [5, 5.41) is 17.8. The Bertz CT molecular complexity index is 1070. The minimum absolute atomic E-state index is 0.0707. The maximum atomic E-state index is 9.93. The average molecular weight is 440 g/mol. The van der Waals surface area contributed by atoms with Gasteiger partial charge in [-0.2, -0.15) is 20.1 Å². The highest BCUT2D eigenvalue weighted by Gasteiger charge is 2.16. The standard InChI is InChI=1S/C21H22ClN7O2/c1-14-2-5-17(6-3-14)24-19-25-20(27-21(26-19)29-8-10-31-11-9-29)28-23-13-15-12-16(22)4-7-18(15)30/h2-7,12-13,30H,8-11H2,1H3,(H2,24,25,26,27,28)/b23-13+. The van der Waals surface area contributed by atoms with Gasteiger partial charge in [0.25, 0.3) is 0 Å². The van der Waals surface area contributed by atoms with Gasteiger partial charge in [0.05, 0.1) is 19.4 Å². The highest BCUT2D eigenvalue weighted by molar-refractivity contribution is 6.30. The molecule has 31 heavy (non-hydrogen) atoms. The summed E-state index contributed by atoms with van der Waals surface area (Å²) in [5.41, 5.74) is 5.31. The number of aromatic hydroxyl groups is 1. The van der Waals surface area contributed by atoms with Crippen molar-refractivity contribution in [3.63, 3.8) is 0 Å². The van der Waals surface area contributed by atoms with Gasteiger partial charge in [-0.3, -0.25) is 0 Å². The Labute approximate surface area is 184 Å². The first-order chi connectivity index (χ1) is 15.1. The molecule has 0 unspecified atom stereocenters. The number of nitrogens with one attached hydrogen (secondary N) is 2. The van der Waals surface area contributed by atoms with E-state index in [9.17, 15) is 5.11 Å². The number of morpholine rings is 1. The molecule has 3 N–H and O–H groups in total. The van der Waals surface area contributed by atoms with Gasteiger partial charge in [-0.15, -0.1) is 0 Å². The smallest absolute Gasteiger partial charge is 0.250 e. The molecule has 1 aromatic heterocycles. The minimum atomic E-state index is 0.0707. The molecule has 1 fully saturated rings. The zero-order valence-corrected chi connectivity index (χ0v) is 17.7. The van der Waals surface area contributed by atoms with E-state index in [4.69, 9.17) is 16.3 Å². The van der Waals surface area contributed by atoms with Crippen LogP contribution in [0, 0.1) is 6.92 Å². The number of aromatic nitrogens is 3. The van der Waals surface area contributed by atoms with E-state index in [2.05, 4.69) is 30.8 Å². The van der Waals surface area contributed by atoms with Gasteiger partial charge < -0.3 is 20.1 Å². The van der Waals surface area contributed by atoms with Crippen LogP contribution in [0.2, 0.25) is 5.02 Å². The van der Waals surface area contributed by atoms with Crippen molar-refractivity contribution in [2.24, 2.45) is 5.10 Å². The normalized spacial score (nSPS) is 14.1. The predicted octanol–water partition coefficient (Wildman–Crippen LogP) is 3.57. The van der Waals surface area contributed by atoms with Gasteiger partial charge in [0.2, 0.25) is 17.8 Å². The Kier molecular flexibility index (Phi) is 6.44. The number of phenols is 1. The van der Waals surface area contributed by atoms with Crippen LogP contribution in [-0.4, -0.2) is 52.6 Å². The van der Waals surface area contributed by atoms with E-state index in [-0.39, 0.29) is 11.7 Å². The van der Waals surface area contributed by atoms with Gasteiger partial charge in [0.1, 0.15) is 5.75 Å². The molecule has 0 radical (unpaired) electrons. The quantitative estimate of drug-likeness (QED) is 0.395. The van der Waals surface area contributed by atoms with Crippen molar-refractivity contribution in [1.82, 2.24) is 15.0 Å². The Morgan fingerprint density at radius 2 is 1.81 bits per heavy atom. The molecule has 0 bridgehead atoms. The lowest BCUT2D eigenvalue weighted by molar-refractivity contribution is 0.122. The lowest BCUT2D eigenvalue weighted by atomic mass is 10.2. The molecule has 4 rings (SSSR count). The monoisotopic (exact) mass is 439 g/mol. The maximum absolute atomic E-state index is 9.93. The molecular weight excluding hydrogens is 418 g/mol. The molecule has 1 aliphatic rings. The van der Waals surface area contributed by atoms with Crippen molar-refractivity contribution in [1.29, 1.82) is 0 Å². The predicted molar refractivity (Wildman–Crippen MR) is 122 cm³/mol. The van der Waals surface area contributed by atoms with Crippen LogP contribution < -0.4 is 15.6 Å². The molecular formula is C21H22ClN7O2. The van der Waals surface area contributed by atoms with Crippen LogP contribution in [0.15, 0.2) is 47.6 Å². The van der Waals surface area contributed by atoms with Crippen molar-refractivity contribution in [3.05, 3.63) is 58.6 Å². The highest BCUT2D eigenvalue weighted by atomic mass is 35.5. The topological polar surface area (TPSA) is 108 Å². The maximum Gasteiger partial charge on any atom is 0.250 e. The SMILES string of the molecule is Cc1ccc(Nc2nc(N/N=C/c3cc(Cl)ccc3O)nc(N3CCOCC3)n2)cc1. The Balaban J connectivity index is 1.58. The number of benzene rings is 2. The zero-order valence-electron chi connectivity index (χ0n) is 16.9. The number of nitrogens with zero attached hydrogens (tertiary/aromatic N) is 5. The Hall–Kier alpha value is -3.43. The number of phenolic OH excluding ortho intramolecular Hbond substituents is 1. The minimum Gasteiger partial charge on any atom is -0.507 e. The Morgan fingerprint density at radius 3 is 2.58 bits per heavy atom. The first kappa shape index (κ1) is 20.8. The molecule has 9 nitrogen and oxygen atoms in total. The summed E-state index contributed by atoms with van der Waals surface area (Å²) in [7, 11) is 0. The second-order valence-corrected chi connectivity index (χ2v) is 7.38. The second-order valence-electron chi connectivity index (χ2n) is 6.95. The summed E-state index contributed by atoms with van der Waals surface area (Å²) in [6.45, 7) is 4.63. The van der Waals surface area contributed by atoms with Gasteiger partial charge >= 0.3 is 0 Å². The number of ether oxygens (including phenoxy) is 1. The van der Waals surface area contributed by atoms with E-state index in [0.717, 1.165) is 11.3 Å². The zero-order chi connectivity index (χ0) is 21.6. The molecule has 2 heterocycles. The van der Waals surface area contributed by atoms with Crippen LogP contribution in [0.1, 0.15) is 11.1 Å². The van der Waals surface area contributed by atoms with Gasteiger partial charge in [0, 0.05) is 29.4 Å². The van der Waals surface area contributed by atoms with Crippen LogP contribution in [0.25, 0.3) is 0 Å². The molecule has 1 saturated heterocycles. The van der Waals surface area contributed by atoms with E-state index in [1.54, 1.807) is 12.1 Å². The van der Waals surface area contributed by atoms with Crippen molar-refractivity contribution in [2.45, 2.75) is 6.92 Å². The van der Waals surface area contributed by atoms with Crippen LogP contribution in [0.5, 0.6) is 5.75 Å². The third-order valence-corrected chi connectivity index (χ3v) is 4.82. The fourth-order valence-corrected chi connectivity index (χ4v) is 3.11. The largest absolute Gasteiger partial charge is 0.507 e. The van der Waals surface area contributed by atoms with Gasteiger partial charge in [0.15, 0.2) is 0 Å². The van der Waals surface area contributed by atoms with Crippen molar-refractivity contribution in [2.75, 3.05) is 41.9 Å². The summed E-state index contributed by atoms with van der Waals surface area (Å²) < 4.78 is 5.42. The third kappa shape index (κ3) is 5.59. The molecule has 2 aromatic carbocycles. The van der Waals surface area contributed by atoms with Crippen LogP contribution in [0.4, 0.5) is 23.5 Å². The summed E-state index contributed by atoms with van der Waals surface area (Å²) in [4.78, 5) is 15.5. The first-order valence-electron chi connectivity index (χ1n) is 9.77. The molecule has 0 spiro atoms.